The third-order valence-electron chi connectivity index (χ3n) is 4.67. The summed E-state index contributed by atoms with van der Waals surface area (Å²) in [4.78, 5) is 16.0. The molecule has 0 N–H and O–H groups in total. The second-order valence-electron chi connectivity index (χ2n) is 6.47. The van der Waals surface area contributed by atoms with Gasteiger partial charge in [-0.05, 0) is 29.1 Å². The average Bonchev–Trinajstić information content (AvgIpc) is 3.29. The van der Waals surface area contributed by atoms with Crippen LogP contribution in [-0.2, 0) is 17.8 Å². The molecule has 0 aliphatic heterocycles. The molecule has 3 rings (SSSR count). The van der Waals surface area contributed by atoms with Gasteiger partial charge in [-0.1, -0.05) is 18.2 Å². The van der Waals surface area contributed by atoms with Crippen LogP contribution in [-0.4, -0.2) is 34.3 Å². The van der Waals surface area contributed by atoms with E-state index in [4.69, 9.17) is 18.9 Å². The summed E-state index contributed by atoms with van der Waals surface area (Å²) in [7, 11) is 6.30. The molecule has 158 valence electrons. The van der Waals surface area contributed by atoms with E-state index in [1.165, 1.54) is 0 Å². The Morgan fingerprint density at radius 3 is 2.07 bits per heavy atom. The van der Waals surface area contributed by atoms with Gasteiger partial charge in [-0.15, -0.1) is 11.3 Å². The fraction of sp³-hybridized carbons (Fsp3) is 0.261. The van der Waals surface area contributed by atoms with Crippen molar-refractivity contribution < 1.29 is 23.7 Å². The summed E-state index contributed by atoms with van der Waals surface area (Å²) in [5.41, 5.74) is 1.64. The molecule has 1 amide bonds. The van der Waals surface area contributed by atoms with Crippen LogP contribution in [0.3, 0.4) is 0 Å². The molecule has 2 aromatic carbocycles. The molecule has 0 fully saturated rings. The first-order chi connectivity index (χ1) is 14.6. The normalized spacial score (nSPS) is 10.4. The maximum absolute atomic E-state index is 13.3. The van der Waals surface area contributed by atoms with Crippen LogP contribution in [0.1, 0.15) is 10.4 Å². The van der Waals surface area contributed by atoms with E-state index < -0.39 is 0 Å². The summed E-state index contributed by atoms with van der Waals surface area (Å²) >= 11 is 1.56. The van der Waals surface area contributed by atoms with Gasteiger partial charge >= 0.3 is 0 Å². The number of ether oxygens (including phenoxy) is 4. The van der Waals surface area contributed by atoms with Crippen LogP contribution in [0.2, 0.25) is 0 Å². The van der Waals surface area contributed by atoms with Gasteiger partial charge in [0, 0.05) is 17.0 Å². The molecule has 0 atom stereocenters. The molecule has 0 radical (unpaired) electrons. The van der Waals surface area contributed by atoms with Gasteiger partial charge in [-0.3, -0.25) is 4.79 Å². The van der Waals surface area contributed by atoms with Gasteiger partial charge in [0.25, 0.3) is 0 Å². The lowest BCUT2D eigenvalue weighted by Gasteiger charge is -2.25. The fourth-order valence-electron chi connectivity index (χ4n) is 3.12. The molecule has 0 saturated carbocycles. The molecular weight excluding hydrogens is 402 g/mol. The van der Waals surface area contributed by atoms with E-state index in [2.05, 4.69) is 0 Å². The van der Waals surface area contributed by atoms with Gasteiger partial charge in [0.2, 0.25) is 11.7 Å². The van der Waals surface area contributed by atoms with Crippen LogP contribution in [0.15, 0.2) is 53.9 Å². The molecule has 0 aliphatic rings. The van der Waals surface area contributed by atoms with Crippen molar-refractivity contribution in [3.05, 3.63) is 64.4 Å². The first-order valence-corrected chi connectivity index (χ1v) is 10.2. The number of thiophene rings is 1. The van der Waals surface area contributed by atoms with Crippen molar-refractivity contribution in [2.45, 2.75) is 13.0 Å². The predicted octanol–water partition coefficient (Wildman–Crippen LogP) is 4.56. The molecule has 0 unspecified atom stereocenters. The third kappa shape index (κ3) is 4.86. The number of rotatable bonds is 9. The van der Waals surface area contributed by atoms with Crippen LogP contribution >= 0.6 is 11.3 Å². The second-order valence-corrected chi connectivity index (χ2v) is 7.50. The minimum atomic E-state index is -0.0254. The summed E-state index contributed by atoms with van der Waals surface area (Å²) in [5.74, 6) is 2.22. The first kappa shape index (κ1) is 21.5. The first-order valence-electron chi connectivity index (χ1n) is 9.35. The molecule has 7 heteroatoms. The SMILES string of the molecule is COc1ccc(CN(C(=O)Cc2cccs2)c2cc(OC)c(OC)c(OC)c2)cc1. The number of carbonyl (C=O) groups is 1. The number of methoxy groups -OCH3 is 4. The van der Waals surface area contributed by atoms with Gasteiger partial charge in [0.05, 0.1) is 47.1 Å². The number of hydrogen-bond acceptors (Lipinski definition) is 6. The topological polar surface area (TPSA) is 57.2 Å². The Morgan fingerprint density at radius 2 is 1.57 bits per heavy atom. The predicted molar refractivity (Wildman–Crippen MR) is 118 cm³/mol. The van der Waals surface area contributed by atoms with Crippen LogP contribution in [0, 0.1) is 0 Å². The molecule has 0 aliphatic carbocycles. The van der Waals surface area contributed by atoms with E-state index in [0.29, 0.717) is 35.9 Å². The molecule has 0 saturated heterocycles. The second kappa shape index (κ2) is 10.0. The van der Waals surface area contributed by atoms with Gasteiger partial charge in [0.1, 0.15) is 5.75 Å². The molecule has 1 aromatic heterocycles. The molecule has 30 heavy (non-hydrogen) atoms. The van der Waals surface area contributed by atoms with Crippen molar-refractivity contribution in [2.75, 3.05) is 33.3 Å². The molecule has 3 aromatic rings. The summed E-state index contributed by atoms with van der Waals surface area (Å²) in [5, 5.41) is 1.97. The standard InChI is InChI=1S/C23H25NO5S/c1-26-18-9-7-16(8-10-18)15-24(22(25)14-19-6-5-11-30-19)17-12-20(27-2)23(29-4)21(13-17)28-3/h5-13H,14-15H2,1-4H3. The quantitative estimate of drug-likeness (QED) is 0.501. The highest BCUT2D eigenvalue weighted by molar-refractivity contribution is 7.10. The van der Waals surface area contributed by atoms with Crippen molar-refractivity contribution in [1.82, 2.24) is 0 Å². The van der Waals surface area contributed by atoms with E-state index in [1.807, 2.05) is 41.8 Å². The van der Waals surface area contributed by atoms with Gasteiger partial charge < -0.3 is 23.8 Å². The minimum absolute atomic E-state index is 0.0254. The monoisotopic (exact) mass is 427 g/mol. The Hall–Kier alpha value is -3.19. The van der Waals surface area contributed by atoms with Crippen LogP contribution < -0.4 is 23.8 Å². The highest BCUT2D eigenvalue weighted by Gasteiger charge is 2.22. The Balaban J connectivity index is 2.00. The number of anilines is 1. The Labute approximate surface area is 180 Å². The van der Waals surface area contributed by atoms with Crippen molar-refractivity contribution in [3.63, 3.8) is 0 Å². The summed E-state index contributed by atoms with van der Waals surface area (Å²) < 4.78 is 21.6. The maximum atomic E-state index is 13.3. The van der Waals surface area contributed by atoms with Crippen LogP contribution in [0.25, 0.3) is 0 Å². The number of nitrogens with zero attached hydrogens (tertiary/aromatic N) is 1. The summed E-state index contributed by atoms with van der Waals surface area (Å²) in [6.45, 7) is 0.396. The summed E-state index contributed by atoms with van der Waals surface area (Å²) in [6.07, 6.45) is 0.310. The number of benzene rings is 2. The van der Waals surface area contributed by atoms with E-state index in [1.54, 1.807) is 56.8 Å². The van der Waals surface area contributed by atoms with E-state index in [0.717, 1.165) is 16.2 Å². The van der Waals surface area contributed by atoms with E-state index >= 15 is 0 Å². The average molecular weight is 428 g/mol. The minimum Gasteiger partial charge on any atom is -0.497 e. The lowest BCUT2D eigenvalue weighted by molar-refractivity contribution is -0.118. The molecule has 0 bridgehead atoms. The highest BCUT2D eigenvalue weighted by Crippen LogP contribution is 2.41. The zero-order valence-corrected chi connectivity index (χ0v) is 18.3. The van der Waals surface area contributed by atoms with Crippen molar-refractivity contribution in [3.8, 4) is 23.0 Å². The maximum Gasteiger partial charge on any atom is 0.232 e. The van der Waals surface area contributed by atoms with Gasteiger partial charge in [-0.25, -0.2) is 0 Å². The van der Waals surface area contributed by atoms with Crippen LogP contribution in [0.4, 0.5) is 5.69 Å². The Morgan fingerprint density at radius 1 is 0.900 bits per heavy atom. The number of hydrogen-bond donors (Lipinski definition) is 0. The van der Waals surface area contributed by atoms with E-state index in [-0.39, 0.29) is 5.91 Å². The molecule has 6 nitrogen and oxygen atoms in total. The highest BCUT2D eigenvalue weighted by atomic mass is 32.1. The Kier molecular flexibility index (Phi) is 7.19. The fourth-order valence-corrected chi connectivity index (χ4v) is 3.81. The largest absolute Gasteiger partial charge is 0.497 e. The Bertz CT molecular complexity index is 945. The van der Waals surface area contributed by atoms with Crippen molar-refractivity contribution in [1.29, 1.82) is 0 Å². The lowest BCUT2D eigenvalue weighted by atomic mass is 10.1. The number of amides is 1. The van der Waals surface area contributed by atoms with E-state index in [9.17, 15) is 4.79 Å². The summed E-state index contributed by atoms with van der Waals surface area (Å²) in [6, 6.07) is 15.1. The molecular formula is C23H25NO5S. The van der Waals surface area contributed by atoms with Crippen molar-refractivity contribution in [2.24, 2.45) is 0 Å². The van der Waals surface area contributed by atoms with Crippen LogP contribution in [0.5, 0.6) is 23.0 Å². The van der Waals surface area contributed by atoms with Gasteiger partial charge in [-0.2, -0.15) is 0 Å². The zero-order chi connectivity index (χ0) is 21.5. The molecule has 1 heterocycles. The van der Waals surface area contributed by atoms with Crippen molar-refractivity contribution >= 4 is 22.9 Å². The molecule has 0 spiro atoms. The lowest BCUT2D eigenvalue weighted by Crippen LogP contribution is -2.31. The third-order valence-corrected chi connectivity index (χ3v) is 5.54. The van der Waals surface area contributed by atoms with Gasteiger partial charge in [0.15, 0.2) is 11.5 Å². The smallest absolute Gasteiger partial charge is 0.232 e. The number of carbonyl (C=O) groups excluding carboxylic acids is 1. The zero-order valence-electron chi connectivity index (χ0n) is 17.5.